The van der Waals surface area contributed by atoms with Crippen molar-refractivity contribution in [3.63, 3.8) is 0 Å². The van der Waals surface area contributed by atoms with Crippen molar-refractivity contribution in [1.29, 1.82) is 0 Å². The average Bonchev–Trinajstić information content (AvgIpc) is 2.94. The van der Waals surface area contributed by atoms with Crippen molar-refractivity contribution in [1.82, 2.24) is 20.3 Å². The van der Waals surface area contributed by atoms with E-state index in [-0.39, 0.29) is 0 Å². The first-order valence-electron chi connectivity index (χ1n) is 6.22. The van der Waals surface area contributed by atoms with Crippen molar-refractivity contribution in [2.75, 3.05) is 0 Å². The number of rotatable bonds is 5. The molecule has 0 saturated carbocycles. The number of hydrogen-bond donors (Lipinski definition) is 1. The first-order valence-corrected chi connectivity index (χ1v) is 6.22. The second kappa shape index (κ2) is 5.35. The van der Waals surface area contributed by atoms with Crippen molar-refractivity contribution >= 4 is 0 Å². The quantitative estimate of drug-likeness (QED) is 0.881. The van der Waals surface area contributed by atoms with E-state index in [9.17, 15) is 0 Å². The van der Waals surface area contributed by atoms with Crippen molar-refractivity contribution in [2.24, 2.45) is 0 Å². The van der Waals surface area contributed by atoms with E-state index in [4.69, 9.17) is 4.52 Å². The molecule has 0 aliphatic heterocycles. The zero-order valence-electron chi connectivity index (χ0n) is 11.3. The van der Waals surface area contributed by atoms with Gasteiger partial charge in [0.2, 0.25) is 0 Å². The fraction of sp³-hybridized carbons (Fsp3) is 0.538. The molecule has 0 spiro atoms. The van der Waals surface area contributed by atoms with Crippen molar-refractivity contribution in [3.05, 3.63) is 35.5 Å². The summed E-state index contributed by atoms with van der Waals surface area (Å²) in [4.78, 5) is 0. The predicted molar refractivity (Wildman–Crippen MR) is 69.2 cm³/mol. The van der Waals surface area contributed by atoms with E-state index in [1.807, 2.05) is 30.8 Å². The lowest BCUT2D eigenvalue weighted by atomic mass is 10.1. The molecule has 0 saturated heterocycles. The molecule has 2 aromatic rings. The largest absolute Gasteiger partial charge is 0.361 e. The number of hydrogen-bond acceptors (Lipinski definition) is 4. The third-order valence-corrected chi connectivity index (χ3v) is 3.15. The molecule has 2 unspecified atom stereocenters. The Morgan fingerprint density at radius 3 is 2.72 bits per heavy atom. The van der Waals surface area contributed by atoms with Crippen LogP contribution in [0.2, 0.25) is 0 Å². The molecule has 18 heavy (non-hydrogen) atoms. The maximum absolute atomic E-state index is 5.04. The highest BCUT2D eigenvalue weighted by Gasteiger charge is 2.14. The first kappa shape index (κ1) is 12.8. The van der Waals surface area contributed by atoms with Gasteiger partial charge in [0.1, 0.15) is 5.76 Å². The van der Waals surface area contributed by atoms with E-state index >= 15 is 0 Å². The zero-order chi connectivity index (χ0) is 13.1. The van der Waals surface area contributed by atoms with Crippen LogP contribution in [-0.2, 0) is 6.54 Å². The highest BCUT2D eigenvalue weighted by atomic mass is 16.5. The van der Waals surface area contributed by atoms with Crippen LogP contribution in [0.3, 0.4) is 0 Å². The van der Waals surface area contributed by atoms with Gasteiger partial charge < -0.3 is 9.84 Å². The fourth-order valence-electron chi connectivity index (χ4n) is 1.82. The number of aromatic nitrogens is 3. The topological polar surface area (TPSA) is 55.9 Å². The van der Waals surface area contributed by atoms with Crippen LogP contribution in [0.4, 0.5) is 0 Å². The molecule has 2 atom stereocenters. The Morgan fingerprint density at radius 1 is 1.39 bits per heavy atom. The minimum atomic E-state index is 0.298. The molecule has 98 valence electrons. The van der Waals surface area contributed by atoms with E-state index in [1.54, 1.807) is 0 Å². The van der Waals surface area contributed by atoms with Crippen LogP contribution in [0.5, 0.6) is 0 Å². The van der Waals surface area contributed by atoms with Crippen LogP contribution in [-0.4, -0.2) is 21.0 Å². The summed E-state index contributed by atoms with van der Waals surface area (Å²) in [6.45, 7) is 8.96. The maximum Gasteiger partial charge on any atom is 0.133 e. The molecule has 0 radical (unpaired) electrons. The van der Waals surface area contributed by atoms with Crippen LogP contribution < -0.4 is 5.32 Å². The molecule has 1 N–H and O–H groups in total. The lowest BCUT2D eigenvalue weighted by molar-refractivity contribution is 0.353. The predicted octanol–water partition coefficient (Wildman–Crippen LogP) is 2.23. The maximum atomic E-state index is 5.04. The molecule has 0 bridgehead atoms. The summed E-state index contributed by atoms with van der Waals surface area (Å²) in [7, 11) is 0. The van der Waals surface area contributed by atoms with Gasteiger partial charge in [0.05, 0.1) is 17.9 Å². The Bertz CT molecular complexity index is 503. The molecule has 0 aliphatic carbocycles. The van der Waals surface area contributed by atoms with Gasteiger partial charge in [-0.05, 0) is 33.3 Å². The van der Waals surface area contributed by atoms with Gasteiger partial charge in [0.25, 0.3) is 0 Å². The standard InChI is InChI=1S/C13H20N4O/c1-9-6-15-17(8-9)12(4)11(3)14-7-13-5-10(2)18-16-13/h5-6,8,11-12,14H,7H2,1-4H3. The van der Waals surface area contributed by atoms with Gasteiger partial charge >= 0.3 is 0 Å². The summed E-state index contributed by atoms with van der Waals surface area (Å²) in [5.74, 6) is 0.843. The Labute approximate surface area is 107 Å². The molecular weight excluding hydrogens is 228 g/mol. The molecule has 0 aliphatic rings. The van der Waals surface area contributed by atoms with Gasteiger partial charge in [0, 0.05) is 24.8 Å². The lowest BCUT2D eigenvalue weighted by Crippen LogP contribution is -2.33. The van der Waals surface area contributed by atoms with Crippen molar-refractivity contribution in [2.45, 2.75) is 46.3 Å². The van der Waals surface area contributed by atoms with Gasteiger partial charge in [-0.1, -0.05) is 5.16 Å². The van der Waals surface area contributed by atoms with E-state index in [1.165, 1.54) is 5.56 Å². The minimum Gasteiger partial charge on any atom is -0.361 e. The highest BCUT2D eigenvalue weighted by molar-refractivity contribution is 5.04. The molecular formula is C13H20N4O. The Balaban J connectivity index is 1.89. The van der Waals surface area contributed by atoms with E-state index in [0.29, 0.717) is 18.6 Å². The Kier molecular flexibility index (Phi) is 3.81. The lowest BCUT2D eigenvalue weighted by Gasteiger charge is -2.21. The van der Waals surface area contributed by atoms with E-state index in [0.717, 1.165) is 11.5 Å². The molecule has 2 aromatic heterocycles. The van der Waals surface area contributed by atoms with Gasteiger partial charge in [-0.15, -0.1) is 0 Å². The highest BCUT2D eigenvalue weighted by Crippen LogP contribution is 2.11. The first-order chi connectivity index (χ1) is 8.56. The molecule has 0 amide bonds. The van der Waals surface area contributed by atoms with Crippen LogP contribution in [0.15, 0.2) is 23.0 Å². The molecule has 2 rings (SSSR count). The second-order valence-corrected chi connectivity index (χ2v) is 4.84. The second-order valence-electron chi connectivity index (χ2n) is 4.84. The molecule has 5 nitrogen and oxygen atoms in total. The van der Waals surface area contributed by atoms with E-state index in [2.05, 4.69) is 35.6 Å². The van der Waals surface area contributed by atoms with Gasteiger partial charge in [-0.2, -0.15) is 5.10 Å². The minimum absolute atomic E-state index is 0.298. The third-order valence-electron chi connectivity index (χ3n) is 3.15. The van der Waals surface area contributed by atoms with Gasteiger partial charge in [0.15, 0.2) is 0 Å². The summed E-state index contributed by atoms with van der Waals surface area (Å²) < 4.78 is 7.02. The fourth-order valence-corrected chi connectivity index (χ4v) is 1.82. The number of nitrogens with zero attached hydrogens (tertiary/aromatic N) is 3. The van der Waals surface area contributed by atoms with Gasteiger partial charge in [-0.25, -0.2) is 0 Å². The van der Waals surface area contributed by atoms with Crippen LogP contribution in [0, 0.1) is 13.8 Å². The Hall–Kier alpha value is -1.62. The SMILES string of the molecule is Cc1cnn(C(C)C(C)NCc2cc(C)on2)c1. The van der Waals surface area contributed by atoms with Crippen molar-refractivity contribution in [3.8, 4) is 0 Å². The summed E-state index contributed by atoms with van der Waals surface area (Å²) in [6.07, 6.45) is 3.94. The summed E-state index contributed by atoms with van der Waals surface area (Å²) in [5.41, 5.74) is 2.12. The summed E-state index contributed by atoms with van der Waals surface area (Å²) in [6, 6.07) is 2.55. The molecule has 5 heteroatoms. The zero-order valence-corrected chi connectivity index (χ0v) is 11.3. The number of aryl methyl sites for hydroxylation is 2. The Morgan fingerprint density at radius 2 is 2.17 bits per heavy atom. The van der Waals surface area contributed by atoms with E-state index < -0.39 is 0 Å². The normalized spacial score (nSPS) is 14.7. The molecule has 0 aromatic carbocycles. The van der Waals surface area contributed by atoms with Crippen molar-refractivity contribution < 1.29 is 4.52 Å². The summed E-state index contributed by atoms with van der Waals surface area (Å²) in [5, 5.41) is 11.7. The van der Waals surface area contributed by atoms with Crippen LogP contribution in [0.1, 0.15) is 36.9 Å². The molecule has 0 fully saturated rings. The summed E-state index contributed by atoms with van der Waals surface area (Å²) >= 11 is 0. The van der Waals surface area contributed by atoms with Gasteiger partial charge in [-0.3, -0.25) is 4.68 Å². The van der Waals surface area contributed by atoms with Crippen LogP contribution in [0.25, 0.3) is 0 Å². The smallest absolute Gasteiger partial charge is 0.133 e. The monoisotopic (exact) mass is 248 g/mol. The molecule has 2 heterocycles. The average molecular weight is 248 g/mol. The van der Waals surface area contributed by atoms with Crippen LogP contribution >= 0.6 is 0 Å². The third kappa shape index (κ3) is 2.98. The number of nitrogens with one attached hydrogen (secondary N) is 1.